The van der Waals surface area contributed by atoms with Crippen LogP contribution in [0.5, 0.6) is 0 Å². The molecule has 0 bridgehead atoms. The van der Waals surface area contributed by atoms with Crippen LogP contribution in [0.15, 0.2) is 18.5 Å². The van der Waals surface area contributed by atoms with E-state index >= 15 is 0 Å². The minimum atomic E-state index is 0.237. The van der Waals surface area contributed by atoms with Crippen molar-refractivity contribution in [2.24, 2.45) is 0 Å². The molecule has 1 saturated heterocycles. The number of nitrogens with one attached hydrogen (secondary N) is 1. The van der Waals surface area contributed by atoms with Crippen LogP contribution in [0.25, 0.3) is 5.95 Å². The molecule has 21 heavy (non-hydrogen) atoms. The zero-order valence-electron chi connectivity index (χ0n) is 12.2. The van der Waals surface area contributed by atoms with E-state index in [0.29, 0.717) is 31.1 Å². The van der Waals surface area contributed by atoms with Gasteiger partial charge in [-0.15, -0.1) is 0 Å². The van der Waals surface area contributed by atoms with Crippen molar-refractivity contribution in [2.45, 2.75) is 19.9 Å². The van der Waals surface area contributed by atoms with Crippen LogP contribution in [-0.4, -0.2) is 57.1 Å². The maximum atomic E-state index is 5.47. The van der Waals surface area contributed by atoms with E-state index in [1.165, 1.54) is 0 Å². The summed E-state index contributed by atoms with van der Waals surface area (Å²) in [6, 6.07) is 2.08. The van der Waals surface area contributed by atoms with E-state index in [0.717, 1.165) is 13.1 Å². The highest BCUT2D eigenvalue weighted by molar-refractivity contribution is 5.41. The van der Waals surface area contributed by atoms with E-state index < -0.39 is 0 Å². The first-order chi connectivity index (χ1) is 10.3. The van der Waals surface area contributed by atoms with Crippen molar-refractivity contribution < 1.29 is 4.74 Å². The van der Waals surface area contributed by atoms with Crippen LogP contribution in [0.2, 0.25) is 0 Å². The van der Waals surface area contributed by atoms with E-state index in [1.807, 2.05) is 19.2 Å². The fraction of sp³-hybridized carbons (Fsp3) is 0.538. The minimum absolute atomic E-state index is 0.237. The van der Waals surface area contributed by atoms with Gasteiger partial charge < -0.3 is 15.0 Å². The Balaban J connectivity index is 1.98. The van der Waals surface area contributed by atoms with Gasteiger partial charge in [0.1, 0.15) is 0 Å². The van der Waals surface area contributed by atoms with Gasteiger partial charge in [0.05, 0.1) is 19.3 Å². The van der Waals surface area contributed by atoms with Gasteiger partial charge in [-0.3, -0.25) is 0 Å². The zero-order valence-corrected chi connectivity index (χ0v) is 12.2. The average molecular weight is 289 g/mol. The summed E-state index contributed by atoms with van der Waals surface area (Å²) >= 11 is 0. The van der Waals surface area contributed by atoms with Crippen LogP contribution in [-0.2, 0) is 4.74 Å². The van der Waals surface area contributed by atoms with Crippen LogP contribution in [0.3, 0.4) is 0 Å². The fourth-order valence-electron chi connectivity index (χ4n) is 2.23. The smallest absolute Gasteiger partial charge is 0.257 e. The lowest BCUT2D eigenvalue weighted by Gasteiger charge is -2.33. The third-order valence-electron chi connectivity index (χ3n) is 3.28. The van der Waals surface area contributed by atoms with Gasteiger partial charge >= 0.3 is 0 Å². The lowest BCUT2D eigenvalue weighted by molar-refractivity contribution is 0.0980. The number of anilines is 2. The molecule has 0 amide bonds. The quantitative estimate of drug-likeness (QED) is 0.888. The molecule has 1 atom stereocenters. The fourth-order valence-corrected chi connectivity index (χ4v) is 2.23. The van der Waals surface area contributed by atoms with E-state index in [1.54, 1.807) is 10.9 Å². The number of hydrogen-bond acceptors (Lipinski definition) is 7. The van der Waals surface area contributed by atoms with Crippen LogP contribution >= 0.6 is 0 Å². The summed E-state index contributed by atoms with van der Waals surface area (Å²) in [7, 11) is 0. The second kappa shape index (κ2) is 6.04. The van der Waals surface area contributed by atoms with Crippen LogP contribution in [0.4, 0.5) is 11.9 Å². The first kappa shape index (κ1) is 13.7. The molecule has 1 unspecified atom stereocenters. The first-order valence-electron chi connectivity index (χ1n) is 7.12. The van der Waals surface area contributed by atoms with Gasteiger partial charge in [-0.25, -0.2) is 4.68 Å². The van der Waals surface area contributed by atoms with Gasteiger partial charge in [-0.2, -0.15) is 20.1 Å². The number of nitrogens with zero attached hydrogens (tertiary/aromatic N) is 6. The number of morpholine rings is 1. The Morgan fingerprint density at radius 2 is 2.19 bits per heavy atom. The summed E-state index contributed by atoms with van der Waals surface area (Å²) in [5, 5.41) is 7.33. The second-order valence-electron chi connectivity index (χ2n) is 4.86. The molecule has 1 N–H and O–H groups in total. The monoisotopic (exact) mass is 289 g/mol. The normalized spacial score (nSPS) is 18.8. The van der Waals surface area contributed by atoms with Gasteiger partial charge in [0.15, 0.2) is 0 Å². The molecular formula is C13H19N7O. The Labute approximate surface area is 123 Å². The van der Waals surface area contributed by atoms with Crippen molar-refractivity contribution >= 4 is 11.9 Å². The molecule has 0 saturated carbocycles. The molecule has 2 aromatic rings. The molecule has 1 aliphatic heterocycles. The molecule has 1 aliphatic rings. The Kier molecular flexibility index (Phi) is 3.96. The maximum Gasteiger partial charge on any atom is 0.257 e. The first-order valence-corrected chi connectivity index (χ1v) is 7.12. The van der Waals surface area contributed by atoms with Crippen molar-refractivity contribution in [1.82, 2.24) is 24.7 Å². The molecule has 0 radical (unpaired) electrons. The summed E-state index contributed by atoms with van der Waals surface area (Å²) in [6.45, 7) is 7.00. The minimum Gasteiger partial charge on any atom is -0.377 e. The van der Waals surface area contributed by atoms with E-state index in [9.17, 15) is 0 Å². The molecular weight excluding hydrogens is 270 g/mol. The Bertz CT molecular complexity index is 586. The Morgan fingerprint density at radius 1 is 1.33 bits per heavy atom. The molecule has 3 heterocycles. The molecule has 112 valence electrons. The third-order valence-corrected chi connectivity index (χ3v) is 3.28. The summed E-state index contributed by atoms with van der Waals surface area (Å²) in [4.78, 5) is 15.6. The predicted molar refractivity (Wildman–Crippen MR) is 78.7 cm³/mol. The Morgan fingerprint density at radius 3 is 2.90 bits per heavy atom. The summed E-state index contributed by atoms with van der Waals surface area (Å²) in [5.41, 5.74) is 0. The van der Waals surface area contributed by atoms with E-state index in [4.69, 9.17) is 4.74 Å². The van der Waals surface area contributed by atoms with Crippen LogP contribution in [0, 0.1) is 0 Å². The van der Waals surface area contributed by atoms with Gasteiger partial charge in [0.2, 0.25) is 11.9 Å². The van der Waals surface area contributed by atoms with Crippen molar-refractivity contribution in [2.75, 3.05) is 36.5 Å². The molecule has 1 fully saturated rings. The molecule has 0 spiro atoms. The second-order valence-corrected chi connectivity index (χ2v) is 4.86. The van der Waals surface area contributed by atoms with E-state index in [2.05, 4.69) is 37.2 Å². The number of rotatable bonds is 4. The van der Waals surface area contributed by atoms with Crippen LogP contribution < -0.4 is 10.2 Å². The predicted octanol–water partition coefficient (Wildman–Crippen LogP) is 0.714. The number of ether oxygens (including phenoxy) is 1. The summed E-state index contributed by atoms with van der Waals surface area (Å²) in [5.74, 6) is 1.73. The SMILES string of the molecule is CCNc1nc(N2CCOCC2C)nc(-n2cccn2)n1. The van der Waals surface area contributed by atoms with Crippen molar-refractivity contribution in [3.8, 4) is 5.95 Å². The van der Waals surface area contributed by atoms with Gasteiger partial charge in [0, 0.05) is 25.5 Å². The third kappa shape index (κ3) is 2.94. The molecule has 8 nitrogen and oxygen atoms in total. The maximum absolute atomic E-state index is 5.47. The number of hydrogen-bond donors (Lipinski definition) is 1. The van der Waals surface area contributed by atoms with Gasteiger partial charge in [0.25, 0.3) is 5.95 Å². The largest absolute Gasteiger partial charge is 0.377 e. The Hall–Kier alpha value is -2.22. The summed E-state index contributed by atoms with van der Waals surface area (Å²) in [6.07, 6.45) is 3.52. The highest BCUT2D eigenvalue weighted by atomic mass is 16.5. The van der Waals surface area contributed by atoms with Crippen molar-refractivity contribution in [3.05, 3.63) is 18.5 Å². The molecule has 8 heteroatoms. The van der Waals surface area contributed by atoms with Crippen molar-refractivity contribution in [1.29, 1.82) is 0 Å². The average Bonchev–Trinajstić information content (AvgIpc) is 3.02. The topological polar surface area (TPSA) is 81.0 Å². The zero-order chi connectivity index (χ0) is 14.7. The highest BCUT2D eigenvalue weighted by Crippen LogP contribution is 2.17. The van der Waals surface area contributed by atoms with Crippen molar-refractivity contribution in [3.63, 3.8) is 0 Å². The lowest BCUT2D eigenvalue weighted by Crippen LogP contribution is -2.44. The summed E-state index contributed by atoms with van der Waals surface area (Å²) < 4.78 is 7.10. The molecule has 0 aliphatic carbocycles. The molecule has 3 rings (SSSR count). The van der Waals surface area contributed by atoms with Gasteiger partial charge in [-0.05, 0) is 19.9 Å². The van der Waals surface area contributed by atoms with Crippen LogP contribution in [0.1, 0.15) is 13.8 Å². The molecule has 2 aromatic heterocycles. The van der Waals surface area contributed by atoms with E-state index in [-0.39, 0.29) is 6.04 Å². The lowest BCUT2D eigenvalue weighted by atomic mass is 10.3. The number of aromatic nitrogens is 5. The highest BCUT2D eigenvalue weighted by Gasteiger charge is 2.23. The standard InChI is InChI=1S/C13H19N7O/c1-3-14-11-16-12(19-7-8-21-9-10(19)2)18-13(17-11)20-6-4-5-15-20/h4-6,10H,3,7-9H2,1-2H3,(H,14,16,17,18). The van der Waals surface area contributed by atoms with Gasteiger partial charge in [-0.1, -0.05) is 0 Å². The molecule has 0 aromatic carbocycles.